The molecule has 0 bridgehead atoms. The fraction of sp³-hybridized carbons (Fsp3) is 0.500. The predicted octanol–water partition coefficient (Wildman–Crippen LogP) is 3.69. The molecule has 2 rings (SSSR count). The van der Waals surface area contributed by atoms with Gasteiger partial charge in [-0.05, 0) is 23.5 Å². The second-order valence-corrected chi connectivity index (χ2v) is 5.68. The van der Waals surface area contributed by atoms with Gasteiger partial charge in [0.1, 0.15) is 0 Å². The van der Waals surface area contributed by atoms with Gasteiger partial charge in [-0.25, -0.2) is 0 Å². The average molecular weight is 227 g/mol. The van der Waals surface area contributed by atoms with Crippen molar-refractivity contribution >= 4 is 23.4 Å². The minimum Gasteiger partial charge on any atom is -0.157 e. The van der Waals surface area contributed by atoms with Crippen LogP contribution in [0, 0.1) is 0 Å². The van der Waals surface area contributed by atoms with Gasteiger partial charge < -0.3 is 0 Å². The molecule has 0 saturated carbocycles. The summed E-state index contributed by atoms with van der Waals surface area (Å²) in [5.41, 5.74) is 3.10. The van der Waals surface area contributed by atoms with Gasteiger partial charge in [-0.2, -0.15) is 11.8 Å². The van der Waals surface area contributed by atoms with Crippen LogP contribution in [0.15, 0.2) is 24.3 Å². The predicted molar refractivity (Wildman–Crippen MR) is 65.5 cm³/mol. The molecule has 0 saturated heterocycles. The lowest BCUT2D eigenvalue weighted by atomic mass is 9.79. The lowest BCUT2D eigenvalue weighted by molar-refractivity contribution is 0.676. The normalized spacial score (nSPS) is 21.1. The largest absolute Gasteiger partial charge is 0.157 e. The minimum absolute atomic E-state index is 0.587. The van der Waals surface area contributed by atoms with E-state index in [9.17, 15) is 0 Å². The van der Waals surface area contributed by atoms with E-state index in [1.807, 2.05) is 11.8 Å². The Morgan fingerprint density at radius 1 is 1.50 bits per heavy atom. The molecule has 0 heterocycles. The lowest BCUT2D eigenvalue weighted by Gasteiger charge is -2.30. The van der Waals surface area contributed by atoms with Crippen LogP contribution < -0.4 is 0 Å². The SMILES string of the molecule is CC(CCl)SCC1Cc2ccccc21. The third kappa shape index (κ3) is 2.09. The van der Waals surface area contributed by atoms with E-state index in [-0.39, 0.29) is 0 Å². The van der Waals surface area contributed by atoms with Crippen molar-refractivity contribution in [2.75, 3.05) is 11.6 Å². The Balaban J connectivity index is 1.87. The number of fused-ring (bicyclic) bond motifs is 1. The molecule has 1 aromatic carbocycles. The van der Waals surface area contributed by atoms with Gasteiger partial charge in [0.15, 0.2) is 0 Å². The summed E-state index contributed by atoms with van der Waals surface area (Å²) in [7, 11) is 0. The molecule has 0 aromatic heterocycles. The Hall–Kier alpha value is -0.140. The van der Waals surface area contributed by atoms with E-state index in [0.29, 0.717) is 5.25 Å². The van der Waals surface area contributed by atoms with Crippen LogP contribution in [-0.2, 0) is 6.42 Å². The van der Waals surface area contributed by atoms with Gasteiger partial charge in [0.25, 0.3) is 0 Å². The molecule has 0 N–H and O–H groups in total. The summed E-state index contributed by atoms with van der Waals surface area (Å²) < 4.78 is 0. The molecule has 1 aliphatic rings. The monoisotopic (exact) mass is 226 g/mol. The Morgan fingerprint density at radius 2 is 2.29 bits per heavy atom. The van der Waals surface area contributed by atoms with Crippen molar-refractivity contribution in [3.05, 3.63) is 35.4 Å². The zero-order chi connectivity index (χ0) is 9.97. The highest BCUT2D eigenvalue weighted by atomic mass is 35.5. The van der Waals surface area contributed by atoms with Gasteiger partial charge in [-0.15, -0.1) is 11.6 Å². The topological polar surface area (TPSA) is 0 Å². The molecule has 76 valence electrons. The van der Waals surface area contributed by atoms with Gasteiger partial charge in [-0.3, -0.25) is 0 Å². The molecule has 1 aliphatic carbocycles. The van der Waals surface area contributed by atoms with Crippen molar-refractivity contribution in [1.82, 2.24) is 0 Å². The molecule has 0 nitrogen and oxygen atoms in total. The summed E-state index contributed by atoms with van der Waals surface area (Å²) in [5, 5.41) is 0.587. The van der Waals surface area contributed by atoms with Crippen LogP contribution in [0.2, 0.25) is 0 Å². The van der Waals surface area contributed by atoms with E-state index in [0.717, 1.165) is 11.8 Å². The number of halogens is 1. The fourth-order valence-electron chi connectivity index (χ4n) is 1.84. The van der Waals surface area contributed by atoms with Gasteiger partial charge in [0.05, 0.1) is 0 Å². The van der Waals surface area contributed by atoms with E-state index in [1.165, 1.54) is 17.7 Å². The zero-order valence-electron chi connectivity index (χ0n) is 8.37. The molecule has 2 unspecified atom stereocenters. The number of hydrogen-bond donors (Lipinski definition) is 0. The summed E-state index contributed by atoms with van der Waals surface area (Å²) in [4.78, 5) is 0. The van der Waals surface area contributed by atoms with Crippen LogP contribution in [-0.4, -0.2) is 16.9 Å². The summed E-state index contributed by atoms with van der Waals surface area (Å²) in [5.74, 6) is 2.77. The summed E-state index contributed by atoms with van der Waals surface area (Å²) >= 11 is 7.77. The van der Waals surface area contributed by atoms with Crippen LogP contribution >= 0.6 is 23.4 Å². The molecule has 1 aromatic rings. The van der Waals surface area contributed by atoms with Crippen LogP contribution in [0.25, 0.3) is 0 Å². The maximum Gasteiger partial charge on any atom is 0.0339 e. The van der Waals surface area contributed by atoms with Gasteiger partial charge in [-0.1, -0.05) is 31.2 Å². The van der Waals surface area contributed by atoms with Crippen molar-refractivity contribution in [3.63, 3.8) is 0 Å². The number of rotatable bonds is 4. The van der Waals surface area contributed by atoms with E-state index in [4.69, 9.17) is 11.6 Å². The molecule has 0 radical (unpaired) electrons. The second kappa shape index (κ2) is 4.59. The molecule has 0 aliphatic heterocycles. The molecule has 2 atom stereocenters. The summed E-state index contributed by atoms with van der Waals surface area (Å²) in [6.45, 7) is 2.20. The number of thioether (sulfide) groups is 1. The van der Waals surface area contributed by atoms with Gasteiger partial charge in [0.2, 0.25) is 0 Å². The van der Waals surface area contributed by atoms with E-state index >= 15 is 0 Å². The van der Waals surface area contributed by atoms with Crippen molar-refractivity contribution in [2.24, 2.45) is 0 Å². The second-order valence-electron chi connectivity index (χ2n) is 3.90. The highest BCUT2D eigenvalue weighted by Gasteiger charge is 2.25. The van der Waals surface area contributed by atoms with Crippen molar-refractivity contribution in [3.8, 4) is 0 Å². The Labute approximate surface area is 95.0 Å². The smallest absolute Gasteiger partial charge is 0.0339 e. The highest BCUT2D eigenvalue weighted by Crippen LogP contribution is 2.37. The zero-order valence-corrected chi connectivity index (χ0v) is 9.94. The molecule has 14 heavy (non-hydrogen) atoms. The summed E-state index contributed by atoms with van der Waals surface area (Å²) in [6.07, 6.45) is 1.26. The number of benzene rings is 1. The Kier molecular flexibility index (Phi) is 3.40. The molecule has 0 fully saturated rings. The van der Waals surface area contributed by atoms with E-state index < -0.39 is 0 Å². The molecule has 2 heteroatoms. The molecule has 0 amide bonds. The highest BCUT2D eigenvalue weighted by molar-refractivity contribution is 8.00. The Morgan fingerprint density at radius 3 is 3.00 bits per heavy atom. The van der Waals surface area contributed by atoms with Crippen molar-refractivity contribution in [2.45, 2.75) is 24.5 Å². The number of alkyl halides is 1. The Bertz CT molecular complexity index is 311. The minimum atomic E-state index is 0.587. The third-order valence-corrected chi connectivity index (χ3v) is 4.74. The van der Waals surface area contributed by atoms with Crippen LogP contribution in [0.3, 0.4) is 0 Å². The van der Waals surface area contributed by atoms with Crippen molar-refractivity contribution in [1.29, 1.82) is 0 Å². The first-order valence-corrected chi connectivity index (χ1v) is 6.65. The van der Waals surface area contributed by atoms with Crippen LogP contribution in [0.5, 0.6) is 0 Å². The number of hydrogen-bond acceptors (Lipinski definition) is 1. The van der Waals surface area contributed by atoms with E-state index in [2.05, 4.69) is 31.2 Å². The third-order valence-electron chi connectivity index (χ3n) is 2.76. The van der Waals surface area contributed by atoms with Gasteiger partial charge >= 0.3 is 0 Å². The van der Waals surface area contributed by atoms with Crippen LogP contribution in [0.4, 0.5) is 0 Å². The maximum atomic E-state index is 5.78. The molecular formula is C12H15ClS. The first-order chi connectivity index (χ1) is 6.81. The standard InChI is InChI=1S/C12H15ClS/c1-9(7-13)14-8-11-6-10-4-2-3-5-12(10)11/h2-5,9,11H,6-8H2,1H3. The van der Waals surface area contributed by atoms with E-state index in [1.54, 1.807) is 5.56 Å². The van der Waals surface area contributed by atoms with Crippen molar-refractivity contribution < 1.29 is 0 Å². The first-order valence-electron chi connectivity index (χ1n) is 5.06. The summed E-state index contributed by atoms with van der Waals surface area (Å²) in [6, 6.07) is 8.77. The fourth-order valence-corrected chi connectivity index (χ4v) is 3.05. The maximum absolute atomic E-state index is 5.78. The molecular weight excluding hydrogens is 212 g/mol. The van der Waals surface area contributed by atoms with Crippen LogP contribution in [0.1, 0.15) is 24.0 Å². The molecule has 0 spiro atoms. The quantitative estimate of drug-likeness (QED) is 0.706. The average Bonchev–Trinajstić information content (AvgIpc) is 2.19. The van der Waals surface area contributed by atoms with Gasteiger partial charge in [0, 0.05) is 16.9 Å². The lowest BCUT2D eigenvalue weighted by Crippen LogP contribution is -2.20. The first kappa shape index (κ1) is 10.4.